The Morgan fingerprint density at radius 2 is 1.92 bits per heavy atom. The van der Waals surface area contributed by atoms with Gasteiger partial charge in [0.05, 0.1) is 19.3 Å². The topological polar surface area (TPSA) is 50.4 Å². The molecule has 0 bridgehead atoms. The minimum absolute atomic E-state index is 0.0432. The lowest BCUT2D eigenvalue weighted by Gasteiger charge is -2.16. The Balaban J connectivity index is 1.99. The Labute approximate surface area is 152 Å². The van der Waals surface area contributed by atoms with Gasteiger partial charge in [-0.2, -0.15) is 0 Å². The minimum Gasteiger partial charge on any atom is -0.495 e. The first kappa shape index (κ1) is 18.6. The van der Waals surface area contributed by atoms with Crippen molar-refractivity contribution in [1.82, 2.24) is 5.32 Å². The van der Waals surface area contributed by atoms with Crippen LogP contribution in [0.15, 0.2) is 36.4 Å². The van der Waals surface area contributed by atoms with E-state index in [-0.39, 0.29) is 18.5 Å². The van der Waals surface area contributed by atoms with E-state index in [4.69, 9.17) is 27.9 Å². The maximum Gasteiger partial charge on any atom is 0.238 e. The zero-order valence-electron chi connectivity index (χ0n) is 13.8. The number of rotatable bonds is 6. The first-order chi connectivity index (χ1) is 11.4. The molecule has 0 fully saturated rings. The summed E-state index contributed by atoms with van der Waals surface area (Å²) in [5, 5.41) is 7.26. The average molecular weight is 367 g/mol. The van der Waals surface area contributed by atoms with E-state index in [0.717, 1.165) is 11.1 Å². The van der Waals surface area contributed by atoms with Gasteiger partial charge in [-0.3, -0.25) is 4.79 Å². The van der Waals surface area contributed by atoms with Crippen LogP contribution in [0, 0.1) is 6.92 Å². The second-order valence-corrected chi connectivity index (χ2v) is 6.29. The summed E-state index contributed by atoms with van der Waals surface area (Å²) in [6.45, 7) is 3.98. The predicted molar refractivity (Wildman–Crippen MR) is 99.2 cm³/mol. The van der Waals surface area contributed by atoms with Crippen molar-refractivity contribution in [3.63, 3.8) is 0 Å². The third kappa shape index (κ3) is 4.63. The van der Waals surface area contributed by atoms with E-state index in [1.807, 2.05) is 38.1 Å². The average Bonchev–Trinajstić information content (AvgIpc) is 2.56. The number of nitrogens with one attached hydrogen (secondary N) is 2. The normalized spacial score (nSPS) is 11.9. The maximum absolute atomic E-state index is 12.2. The second-order valence-electron chi connectivity index (χ2n) is 5.47. The molecule has 0 spiro atoms. The largest absolute Gasteiger partial charge is 0.495 e. The molecule has 2 aromatic carbocycles. The van der Waals surface area contributed by atoms with Crippen molar-refractivity contribution in [2.45, 2.75) is 19.9 Å². The summed E-state index contributed by atoms with van der Waals surface area (Å²) >= 11 is 12.2. The van der Waals surface area contributed by atoms with Crippen molar-refractivity contribution in [2.75, 3.05) is 19.0 Å². The van der Waals surface area contributed by atoms with Crippen molar-refractivity contribution in [3.8, 4) is 5.75 Å². The molecule has 0 aromatic heterocycles. The summed E-state index contributed by atoms with van der Waals surface area (Å²) in [5.41, 5.74) is 2.41. The molecule has 1 atom stereocenters. The molecule has 0 aliphatic carbocycles. The number of halogens is 2. The van der Waals surface area contributed by atoms with Gasteiger partial charge in [0.15, 0.2) is 0 Å². The standard InChI is InChI=1S/C18H20Cl2N2O2/c1-11-8-16(17(24-3)9-15(11)20)22-18(23)10-21-12(2)13-6-4-5-7-14(13)19/h4-9,12,21H,10H2,1-3H3,(H,22,23). The molecule has 128 valence electrons. The zero-order chi connectivity index (χ0) is 17.7. The van der Waals surface area contributed by atoms with Gasteiger partial charge in [0.2, 0.25) is 5.91 Å². The number of benzene rings is 2. The molecule has 0 heterocycles. The Kier molecular flexibility index (Phi) is 6.49. The lowest BCUT2D eigenvalue weighted by Crippen LogP contribution is -2.30. The fourth-order valence-corrected chi connectivity index (χ4v) is 2.76. The Bertz CT molecular complexity index is 735. The highest BCUT2D eigenvalue weighted by atomic mass is 35.5. The first-order valence-corrected chi connectivity index (χ1v) is 8.29. The number of aryl methyl sites for hydroxylation is 1. The van der Waals surface area contributed by atoms with Crippen LogP contribution in [0.4, 0.5) is 5.69 Å². The smallest absolute Gasteiger partial charge is 0.238 e. The summed E-state index contributed by atoms with van der Waals surface area (Å²) in [6.07, 6.45) is 0. The quantitative estimate of drug-likeness (QED) is 0.785. The van der Waals surface area contributed by atoms with E-state index < -0.39 is 0 Å². The summed E-state index contributed by atoms with van der Waals surface area (Å²) in [5.74, 6) is 0.354. The number of amides is 1. The zero-order valence-corrected chi connectivity index (χ0v) is 15.3. The number of carbonyl (C=O) groups excluding carboxylic acids is 1. The molecule has 2 rings (SSSR count). The van der Waals surface area contributed by atoms with Crippen LogP contribution in [-0.2, 0) is 4.79 Å². The number of anilines is 1. The molecule has 4 nitrogen and oxygen atoms in total. The molecule has 0 aliphatic heterocycles. The Hall–Kier alpha value is -1.75. The van der Waals surface area contributed by atoms with Gasteiger partial charge >= 0.3 is 0 Å². The lowest BCUT2D eigenvalue weighted by atomic mass is 10.1. The van der Waals surface area contributed by atoms with Gasteiger partial charge < -0.3 is 15.4 Å². The molecule has 2 aromatic rings. The van der Waals surface area contributed by atoms with Crippen molar-refractivity contribution < 1.29 is 9.53 Å². The molecule has 6 heteroatoms. The van der Waals surface area contributed by atoms with Crippen molar-refractivity contribution in [3.05, 3.63) is 57.6 Å². The monoisotopic (exact) mass is 366 g/mol. The fraction of sp³-hybridized carbons (Fsp3) is 0.278. The van der Waals surface area contributed by atoms with Gasteiger partial charge in [0.1, 0.15) is 5.75 Å². The number of ether oxygens (including phenoxy) is 1. The summed E-state index contributed by atoms with van der Waals surface area (Å²) in [6, 6.07) is 11.0. The maximum atomic E-state index is 12.2. The van der Waals surface area contributed by atoms with Crippen molar-refractivity contribution >= 4 is 34.8 Å². The third-order valence-corrected chi connectivity index (χ3v) is 4.45. The summed E-state index contributed by atoms with van der Waals surface area (Å²) in [7, 11) is 1.54. The van der Waals surface area contributed by atoms with Crippen LogP contribution in [0.3, 0.4) is 0 Å². The molecule has 2 N–H and O–H groups in total. The molecular formula is C18H20Cl2N2O2. The van der Waals surface area contributed by atoms with Crippen LogP contribution in [0.1, 0.15) is 24.1 Å². The van der Waals surface area contributed by atoms with Gasteiger partial charge in [-0.15, -0.1) is 0 Å². The van der Waals surface area contributed by atoms with E-state index in [1.165, 1.54) is 7.11 Å². The van der Waals surface area contributed by atoms with E-state index in [9.17, 15) is 4.79 Å². The summed E-state index contributed by atoms with van der Waals surface area (Å²) in [4.78, 5) is 12.2. The Morgan fingerprint density at radius 1 is 1.21 bits per heavy atom. The van der Waals surface area contributed by atoms with Gasteiger partial charge in [0, 0.05) is 22.2 Å². The highest BCUT2D eigenvalue weighted by molar-refractivity contribution is 6.31. The fourth-order valence-electron chi connectivity index (χ4n) is 2.31. The third-order valence-electron chi connectivity index (χ3n) is 3.70. The molecule has 1 amide bonds. The van der Waals surface area contributed by atoms with Crippen LogP contribution in [-0.4, -0.2) is 19.6 Å². The molecular weight excluding hydrogens is 347 g/mol. The molecule has 0 aliphatic rings. The first-order valence-electron chi connectivity index (χ1n) is 7.54. The van der Waals surface area contributed by atoms with Crippen LogP contribution in [0.2, 0.25) is 10.0 Å². The van der Waals surface area contributed by atoms with Crippen LogP contribution < -0.4 is 15.4 Å². The molecule has 24 heavy (non-hydrogen) atoms. The van der Waals surface area contributed by atoms with E-state index >= 15 is 0 Å². The van der Waals surface area contributed by atoms with E-state index in [2.05, 4.69) is 10.6 Å². The molecule has 0 radical (unpaired) electrons. The van der Waals surface area contributed by atoms with Gasteiger partial charge in [-0.05, 0) is 37.1 Å². The van der Waals surface area contributed by atoms with Crippen molar-refractivity contribution in [2.24, 2.45) is 0 Å². The molecule has 0 saturated carbocycles. The lowest BCUT2D eigenvalue weighted by molar-refractivity contribution is -0.115. The molecule has 1 unspecified atom stereocenters. The van der Waals surface area contributed by atoms with Gasteiger partial charge in [0.25, 0.3) is 0 Å². The van der Waals surface area contributed by atoms with Crippen LogP contribution in [0.25, 0.3) is 0 Å². The minimum atomic E-state index is -0.172. The van der Waals surface area contributed by atoms with E-state index in [0.29, 0.717) is 21.5 Å². The number of carbonyl (C=O) groups is 1. The van der Waals surface area contributed by atoms with Crippen molar-refractivity contribution in [1.29, 1.82) is 0 Å². The number of hydrogen-bond acceptors (Lipinski definition) is 3. The second kappa shape index (κ2) is 8.38. The predicted octanol–water partition coefficient (Wildman–Crippen LogP) is 4.60. The SMILES string of the molecule is COc1cc(Cl)c(C)cc1NC(=O)CNC(C)c1ccccc1Cl. The number of hydrogen-bond donors (Lipinski definition) is 2. The highest BCUT2D eigenvalue weighted by Crippen LogP contribution is 2.30. The summed E-state index contributed by atoms with van der Waals surface area (Å²) < 4.78 is 5.26. The van der Waals surface area contributed by atoms with Crippen LogP contribution >= 0.6 is 23.2 Å². The van der Waals surface area contributed by atoms with Gasteiger partial charge in [-0.25, -0.2) is 0 Å². The molecule has 0 saturated heterocycles. The Morgan fingerprint density at radius 3 is 2.58 bits per heavy atom. The number of methoxy groups -OCH3 is 1. The highest BCUT2D eigenvalue weighted by Gasteiger charge is 2.13. The van der Waals surface area contributed by atoms with E-state index in [1.54, 1.807) is 12.1 Å². The van der Waals surface area contributed by atoms with Crippen LogP contribution in [0.5, 0.6) is 5.75 Å². The van der Waals surface area contributed by atoms with Gasteiger partial charge in [-0.1, -0.05) is 41.4 Å².